The lowest BCUT2D eigenvalue weighted by molar-refractivity contribution is -0.138. The van der Waals surface area contributed by atoms with Crippen LogP contribution in [0.4, 0.5) is 19.4 Å². The summed E-state index contributed by atoms with van der Waals surface area (Å²) >= 11 is 6.70. The average Bonchev–Trinajstić information content (AvgIpc) is 3.85. The molecule has 2 atom stereocenters. The van der Waals surface area contributed by atoms with Gasteiger partial charge in [0, 0.05) is 97.6 Å². The van der Waals surface area contributed by atoms with Crippen LogP contribution in [0.25, 0.3) is 33.2 Å². The first kappa shape index (κ1) is 47.8. The molecule has 0 bridgehead atoms. The molecule has 3 aliphatic heterocycles. The van der Waals surface area contributed by atoms with Crippen molar-refractivity contribution >= 4 is 52.1 Å². The largest absolute Gasteiger partial charge is 0.494 e. The number of nitrogens with zero attached hydrogens (tertiary/aromatic N) is 5. The Morgan fingerprint density at radius 3 is 2.41 bits per heavy atom. The van der Waals surface area contributed by atoms with Crippen LogP contribution in [0.15, 0.2) is 85.1 Å². The number of pyridine rings is 1. The minimum absolute atomic E-state index is 0.00859. The summed E-state index contributed by atoms with van der Waals surface area (Å²) in [6.45, 7) is 3.92. The van der Waals surface area contributed by atoms with Crippen molar-refractivity contribution in [3.8, 4) is 33.8 Å². The molecule has 1 saturated carbocycles. The summed E-state index contributed by atoms with van der Waals surface area (Å²) < 4.78 is 45.8. The van der Waals surface area contributed by atoms with Gasteiger partial charge in [-0.25, -0.2) is 13.6 Å². The van der Waals surface area contributed by atoms with Gasteiger partial charge < -0.3 is 25.4 Å². The number of imide groups is 1. The second-order valence-corrected chi connectivity index (χ2v) is 19.7. The Balaban J connectivity index is 0.767. The number of carbonyl (C=O) groups excluding carboxylic acids is 4. The van der Waals surface area contributed by atoms with E-state index in [4.69, 9.17) is 31.8 Å². The number of aryl methyl sites for hydroxylation is 1. The van der Waals surface area contributed by atoms with Gasteiger partial charge in [0.05, 0.1) is 23.2 Å². The highest BCUT2D eigenvalue weighted by Gasteiger charge is 2.50. The third kappa shape index (κ3) is 8.85. The Morgan fingerprint density at radius 2 is 1.69 bits per heavy atom. The van der Waals surface area contributed by atoms with Crippen LogP contribution < -0.4 is 30.7 Å². The van der Waals surface area contributed by atoms with Crippen molar-refractivity contribution in [2.75, 3.05) is 38.2 Å². The molecule has 368 valence electrons. The molecule has 71 heavy (non-hydrogen) atoms. The number of nitrogens with two attached hydrogens (primary N) is 1. The molecule has 4 N–H and O–H groups in total. The number of hydrogen-bond acceptors (Lipinski definition) is 9. The lowest BCUT2D eigenvalue weighted by Crippen LogP contribution is -2.49. The first-order valence-corrected chi connectivity index (χ1v) is 24.6. The fraction of sp³-hybridized carbons (Fsp3) is 0.370. The third-order valence-electron chi connectivity index (χ3n) is 15.2. The van der Waals surface area contributed by atoms with Crippen LogP contribution in [-0.2, 0) is 28.7 Å². The van der Waals surface area contributed by atoms with Crippen LogP contribution in [0.3, 0.4) is 0 Å². The first-order valence-electron chi connectivity index (χ1n) is 24.2. The zero-order valence-corrected chi connectivity index (χ0v) is 40.5. The van der Waals surface area contributed by atoms with E-state index in [0.717, 1.165) is 78.2 Å². The summed E-state index contributed by atoms with van der Waals surface area (Å²) in [6.07, 6.45) is 7.66. The number of fused-ring (bicyclic) bond motifs is 2. The maximum absolute atomic E-state index is 16.2. The van der Waals surface area contributed by atoms with Gasteiger partial charge in [-0.15, -0.1) is 0 Å². The summed E-state index contributed by atoms with van der Waals surface area (Å²) in [5.74, 6) is -2.37. The number of benzene rings is 4. The van der Waals surface area contributed by atoms with Crippen molar-refractivity contribution in [3.63, 3.8) is 0 Å². The fourth-order valence-electron chi connectivity index (χ4n) is 11.3. The van der Waals surface area contributed by atoms with Crippen molar-refractivity contribution in [1.82, 2.24) is 30.3 Å². The van der Waals surface area contributed by atoms with Crippen LogP contribution in [0.5, 0.6) is 11.5 Å². The van der Waals surface area contributed by atoms with Gasteiger partial charge >= 0.3 is 6.03 Å². The van der Waals surface area contributed by atoms with Crippen molar-refractivity contribution in [3.05, 3.63) is 124 Å². The molecule has 10 rings (SSSR count). The number of methoxy groups -OCH3 is 1. The number of amides is 5. The summed E-state index contributed by atoms with van der Waals surface area (Å²) in [6, 6.07) is 23.2. The Bertz CT molecular complexity index is 3080. The Labute approximate surface area is 414 Å². The Kier molecular flexibility index (Phi) is 13.0. The SMILES string of the molecule is COc1ccc(C(N)=O)c(-c2c(Cl)c(F)cc3c2[C@H](C)[C@@](CNC2CCC(C(=O)N4CCC(Cc5cc(-c6ccc7c(N8CCC(=O)NC8=O)nn(C)c7c6)ccn5)CC4)CC2)(c2ccccc2)O3)c1F. The fourth-order valence-corrected chi connectivity index (χ4v) is 11.5. The predicted molar refractivity (Wildman–Crippen MR) is 265 cm³/mol. The zero-order chi connectivity index (χ0) is 49.7. The molecule has 14 nitrogen and oxygen atoms in total. The number of urea groups is 1. The van der Waals surface area contributed by atoms with E-state index >= 15 is 8.78 Å². The van der Waals surface area contributed by atoms with Crippen LogP contribution in [0, 0.1) is 23.5 Å². The smallest absolute Gasteiger partial charge is 0.329 e. The number of carbonyl (C=O) groups is 4. The molecule has 0 spiro atoms. The molecule has 0 radical (unpaired) electrons. The van der Waals surface area contributed by atoms with E-state index in [1.165, 1.54) is 30.2 Å². The number of halogens is 3. The minimum atomic E-state index is -1.08. The molecule has 2 aromatic heterocycles. The van der Waals surface area contributed by atoms with Gasteiger partial charge in [-0.05, 0) is 104 Å². The van der Waals surface area contributed by atoms with E-state index in [-0.39, 0.29) is 70.0 Å². The lowest BCUT2D eigenvalue weighted by Gasteiger charge is -2.38. The van der Waals surface area contributed by atoms with Crippen LogP contribution in [0.2, 0.25) is 5.02 Å². The van der Waals surface area contributed by atoms with Crippen LogP contribution >= 0.6 is 11.6 Å². The molecule has 6 aromatic rings. The van der Waals surface area contributed by atoms with Gasteiger partial charge in [0.1, 0.15) is 11.6 Å². The first-order chi connectivity index (χ1) is 34.2. The van der Waals surface area contributed by atoms with E-state index in [1.54, 1.807) is 4.68 Å². The van der Waals surface area contributed by atoms with E-state index in [0.29, 0.717) is 36.9 Å². The van der Waals surface area contributed by atoms with Crippen LogP contribution in [-0.4, -0.2) is 82.7 Å². The number of nitrogens with one attached hydrogen (secondary N) is 2. The van der Waals surface area contributed by atoms with Crippen molar-refractivity contribution in [2.45, 2.75) is 75.9 Å². The number of hydrogen-bond donors (Lipinski definition) is 3. The molecule has 2 saturated heterocycles. The van der Waals surface area contributed by atoms with E-state index in [1.807, 2.05) is 73.6 Å². The highest BCUT2D eigenvalue weighted by atomic mass is 35.5. The Morgan fingerprint density at radius 1 is 0.944 bits per heavy atom. The topological polar surface area (TPSA) is 174 Å². The van der Waals surface area contributed by atoms with Gasteiger partial charge in [0.2, 0.25) is 17.7 Å². The van der Waals surface area contributed by atoms with Crippen molar-refractivity contribution in [2.24, 2.45) is 24.6 Å². The molecule has 4 aromatic carbocycles. The average molecular weight is 986 g/mol. The molecule has 17 heteroatoms. The number of primary amides is 1. The highest BCUT2D eigenvalue weighted by molar-refractivity contribution is 6.34. The second-order valence-electron chi connectivity index (χ2n) is 19.3. The highest BCUT2D eigenvalue weighted by Crippen LogP contribution is 2.56. The van der Waals surface area contributed by atoms with Gasteiger partial charge in [0.15, 0.2) is 23.0 Å². The van der Waals surface area contributed by atoms with Gasteiger partial charge in [0.25, 0.3) is 0 Å². The quantitative estimate of drug-likeness (QED) is 0.108. The van der Waals surface area contributed by atoms with Gasteiger partial charge in [-0.3, -0.25) is 34.3 Å². The number of likely N-dealkylation sites (tertiary alicyclic amines) is 1. The third-order valence-corrected chi connectivity index (χ3v) is 15.6. The maximum Gasteiger partial charge on any atom is 0.329 e. The number of rotatable bonds is 12. The minimum Gasteiger partial charge on any atom is -0.494 e. The molecule has 3 fully saturated rings. The molecule has 5 heterocycles. The molecule has 1 aliphatic carbocycles. The molecular formula is C54H55ClF2N8O6. The molecular weight excluding hydrogens is 930 g/mol. The van der Waals surface area contributed by atoms with Crippen molar-refractivity contribution in [1.29, 1.82) is 0 Å². The van der Waals surface area contributed by atoms with Crippen LogP contribution in [0.1, 0.15) is 85.0 Å². The predicted octanol–water partition coefficient (Wildman–Crippen LogP) is 8.81. The van der Waals surface area contributed by atoms with Gasteiger partial charge in [-0.2, -0.15) is 5.10 Å². The second kappa shape index (κ2) is 19.4. The zero-order valence-electron chi connectivity index (χ0n) is 39.8. The lowest BCUT2D eigenvalue weighted by atomic mass is 9.77. The number of ether oxygens (including phenoxy) is 2. The number of aromatic nitrogens is 3. The maximum atomic E-state index is 16.2. The monoisotopic (exact) mass is 984 g/mol. The van der Waals surface area contributed by atoms with E-state index in [9.17, 15) is 19.2 Å². The normalized spacial score (nSPS) is 21.5. The number of piperidine rings is 1. The Hall–Kier alpha value is -6.91. The van der Waals surface area contributed by atoms with Crippen molar-refractivity contribution < 1.29 is 37.4 Å². The molecule has 0 unspecified atom stereocenters. The molecule has 5 amide bonds. The summed E-state index contributed by atoms with van der Waals surface area (Å²) in [7, 11) is 3.14. The number of anilines is 1. The van der Waals surface area contributed by atoms with E-state index < -0.39 is 35.1 Å². The summed E-state index contributed by atoms with van der Waals surface area (Å²) in [4.78, 5) is 59.3. The summed E-state index contributed by atoms with van der Waals surface area (Å²) in [5.41, 5.74) is 9.39. The summed E-state index contributed by atoms with van der Waals surface area (Å²) in [5, 5.41) is 11.2. The van der Waals surface area contributed by atoms with Gasteiger partial charge in [-0.1, -0.05) is 54.9 Å². The molecule has 4 aliphatic rings. The standard InChI is InChI=1S/C54H55ClF2N8O6/c1-30-45-43(28-40(56)48(55)47(45)46-39(50(58)67)15-16-42(70-3)49(46)57)71-54(30,35-7-5-4-6-8-35)29-60-36-12-9-32(10-13-36)52(68)64-22-18-31(19-23-64)25-37-26-34(17-21-59-37)33-11-14-38-41(27-33)63(2)62-51(38)65-24-20-44(66)61-53(65)69/h4-8,11,14-17,21,26-28,30-32,36,60H,9-10,12-13,18-20,22-25,29H2,1-3H3,(H2,58,67)(H,61,66,69)/t30-,32?,36?,54-/m0/s1. The van der Waals surface area contributed by atoms with E-state index in [2.05, 4.69) is 27.9 Å².